The summed E-state index contributed by atoms with van der Waals surface area (Å²) in [5.74, 6) is -0.0468. The van der Waals surface area contributed by atoms with Crippen molar-refractivity contribution < 1.29 is 19.1 Å². The highest BCUT2D eigenvalue weighted by Gasteiger charge is 2.16. The number of halogens is 2. The van der Waals surface area contributed by atoms with E-state index in [0.29, 0.717) is 28.6 Å². The summed E-state index contributed by atoms with van der Waals surface area (Å²) < 4.78 is 11.2. The van der Waals surface area contributed by atoms with Gasteiger partial charge < -0.3 is 20.1 Å². The van der Waals surface area contributed by atoms with Crippen molar-refractivity contribution in [2.24, 2.45) is 0 Å². The molecule has 8 heteroatoms. The Balaban J connectivity index is 1.43. The monoisotopic (exact) mass is 422 g/mol. The maximum Gasteiger partial charge on any atom is 0.251 e. The number of hydrogen-bond acceptors (Lipinski definition) is 4. The maximum absolute atomic E-state index is 12.1. The fourth-order valence-electron chi connectivity index (χ4n) is 2.70. The summed E-state index contributed by atoms with van der Waals surface area (Å²) in [6.45, 7) is 1.14. The van der Waals surface area contributed by atoms with E-state index in [1.54, 1.807) is 24.3 Å². The molecule has 0 radical (unpaired) electrons. The van der Waals surface area contributed by atoms with Gasteiger partial charge in [0.2, 0.25) is 5.91 Å². The van der Waals surface area contributed by atoms with Crippen LogP contribution in [-0.2, 0) is 9.53 Å². The molecule has 0 saturated carbocycles. The normalized spacial score (nSPS) is 15.9. The Bertz CT molecular complexity index is 837. The van der Waals surface area contributed by atoms with Crippen molar-refractivity contribution in [3.8, 4) is 5.75 Å². The number of amides is 2. The van der Waals surface area contributed by atoms with Crippen LogP contribution in [0.15, 0.2) is 42.5 Å². The van der Waals surface area contributed by atoms with E-state index in [-0.39, 0.29) is 23.6 Å². The number of nitrogens with one attached hydrogen (secondary N) is 2. The van der Waals surface area contributed by atoms with E-state index in [1.807, 2.05) is 0 Å². The standard InChI is InChI=1S/C20H20Cl2N2O4/c21-17-8-3-13(10-18(17)22)20(26)23-11-19(25)24-14-4-6-15(7-5-14)28-12-16-2-1-9-27-16/h3-8,10,16H,1-2,9,11-12H2,(H,23,26)(H,24,25). The summed E-state index contributed by atoms with van der Waals surface area (Å²) in [5, 5.41) is 5.89. The smallest absolute Gasteiger partial charge is 0.251 e. The molecule has 0 aliphatic carbocycles. The SMILES string of the molecule is O=C(CNC(=O)c1ccc(Cl)c(Cl)c1)Nc1ccc(OCC2CCCO2)cc1. The van der Waals surface area contributed by atoms with E-state index >= 15 is 0 Å². The Morgan fingerprint density at radius 3 is 2.57 bits per heavy atom. The average molecular weight is 423 g/mol. The first-order chi connectivity index (χ1) is 13.5. The van der Waals surface area contributed by atoms with Crippen molar-refractivity contribution >= 4 is 40.7 Å². The molecule has 0 spiro atoms. The number of carbonyl (C=O) groups excluding carboxylic acids is 2. The summed E-state index contributed by atoms with van der Waals surface area (Å²) in [4.78, 5) is 24.1. The number of benzene rings is 2. The van der Waals surface area contributed by atoms with Gasteiger partial charge in [0.15, 0.2) is 0 Å². The number of ether oxygens (including phenoxy) is 2. The van der Waals surface area contributed by atoms with Crippen LogP contribution < -0.4 is 15.4 Å². The third-order valence-corrected chi connectivity index (χ3v) is 4.93. The van der Waals surface area contributed by atoms with Crippen molar-refractivity contribution in [2.45, 2.75) is 18.9 Å². The number of anilines is 1. The van der Waals surface area contributed by atoms with Crippen LogP contribution in [0.4, 0.5) is 5.69 Å². The van der Waals surface area contributed by atoms with Gasteiger partial charge in [0.25, 0.3) is 5.91 Å². The first-order valence-corrected chi connectivity index (χ1v) is 9.64. The van der Waals surface area contributed by atoms with Gasteiger partial charge in [0, 0.05) is 17.9 Å². The molecule has 148 valence electrons. The second-order valence-electron chi connectivity index (χ2n) is 6.33. The minimum Gasteiger partial charge on any atom is -0.491 e. The fourth-order valence-corrected chi connectivity index (χ4v) is 3.00. The highest BCUT2D eigenvalue weighted by atomic mass is 35.5. The summed E-state index contributed by atoms with van der Waals surface area (Å²) >= 11 is 11.7. The van der Waals surface area contributed by atoms with Crippen molar-refractivity contribution in [3.63, 3.8) is 0 Å². The van der Waals surface area contributed by atoms with Crippen molar-refractivity contribution in [3.05, 3.63) is 58.1 Å². The molecule has 1 fully saturated rings. The van der Waals surface area contributed by atoms with Crippen LogP contribution in [0.3, 0.4) is 0 Å². The van der Waals surface area contributed by atoms with Crippen molar-refractivity contribution in [1.82, 2.24) is 5.32 Å². The molecule has 2 aromatic rings. The Hall–Kier alpha value is -2.28. The Morgan fingerprint density at radius 2 is 1.89 bits per heavy atom. The quantitative estimate of drug-likeness (QED) is 0.708. The van der Waals surface area contributed by atoms with Crippen LogP contribution in [0, 0.1) is 0 Å². The lowest BCUT2D eigenvalue weighted by molar-refractivity contribution is -0.115. The fraction of sp³-hybridized carbons (Fsp3) is 0.300. The van der Waals surface area contributed by atoms with E-state index in [4.69, 9.17) is 32.7 Å². The van der Waals surface area contributed by atoms with E-state index in [0.717, 1.165) is 19.4 Å². The molecule has 2 amide bonds. The van der Waals surface area contributed by atoms with Gasteiger partial charge in [0.05, 0.1) is 22.7 Å². The minimum absolute atomic E-state index is 0.151. The van der Waals surface area contributed by atoms with E-state index in [9.17, 15) is 9.59 Å². The molecule has 1 atom stereocenters. The second-order valence-corrected chi connectivity index (χ2v) is 7.14. The highest BCUT2D eigenvalue weighted by molar-refractivity contribution is 6.42. The second kappa shape index (κ2) is 9.78. The summed E-state index contributed by atoms with van der Waals surface area (Å²) in [5.41, 5.74) is 0.938. The third kappa shape index (κ3) is 5.86. The molecule has 6 nitrogen and oxygen atoms in total. The zero-order chi connectivity index (χ0) is 19.9. The third-order valence-electron chi connectivity index (χ3n) is 4.19. The van der Waals surface area contributed by atoms with Crippen molar-refractivity contribution in [2.75, 3.05) is 25.1 Å². The topological polar surface area (TPSA) is 76.7 Å². The van der Waals surface area contributed by atoms with Crippen LogP contribution in [0.2, 0.25) is 10.0 Å². The lowest BCUT2D eigenvalue weighted by Crippen LogP contribution is -2.32. The summed E-state index contributed by atoms with van der Waals surface area (Å²) in [7, 11) is 0. The van der Waals surface area contributed by atoms with Gasteiger partial charge in [-0.05, 0) is 55.3 Å². The molecule has 1 aliphatic heterocycles. The highest BCUT2D eigenvalue weighted by Crippen LogP contribution is 2.22. The molecule has 2 N–H and O–H groups in total. The maximum atomic E-state index is 12.1. The van der Waals surface area contributed by atoms with E-state index in [1.165, 1.54) is 18.2 Å². The van der Waals surface area contributed by atoms with Crippen LogP contribution in [0.25, 0.3) is 0 Å². The molecule has 1 heterocycles. The van der Waals surface area contributed by atoms with Gasteiger partial charge in [0.1, 0.15) is 12.4 Å². The minimum atomic E-state index is -0.411. The predicted molar refractivity (Wildman–Crippen MR) is 108 cm³/mol. The number of rotatable bonds is 7. The summed E-state index contributed by atoms with van der Waals surface area (Å²) in [6, 6.07) is 11.6. The Morgan fingerprint density at radius 1 is 1.11 bits per heavy atom. The predicted octanol–water partition coefficient (Wildman–Crippen LogP) is 3.92. The first-order valence-electron chi connectivity index (χ1n) is 8.89. The van der Waals surface area contributed by atoms with Gasteiger partial charge in [-0.3, -0.25) is 9.59 Å². The molecule has 1 aliphatic rings. The molecular weight excluding hydrogens is 403 g/mol. The van der Waals surface area contributed by atoms with Crippen molar-refractivity contribution in [1.29, 1.82) is 0 Å². The van der Waals surface area contributed by atoms with Gasteiger partial charge >= 0.3 is 0 Å². The molecule has 28 heavy (non-hydrogen) atoms. The molecule has 1 unspecified atom stereocenters. The van der Waals surface area contributed by atoms with Gasteiger partial charge in [-0.25, -0.2) is 0 Å². The Labute approximate surface area is 173 Å². The van der Waals surface area contributed by atoms with E-state index < -0.39 is 5.91 Å². The van der Waals surface area contributed by atoms with Crippen LogP contribution in [-0.4, -0.2) is 37.7 Å². The zero-order valence-corrected chi connectivity index (χ0v) is 16.6. The van der Waals surface area contributed by atoms with Crippen LogP contribution in [0.1, 0.15) is 23.2 Å². The molecule has 3 rings (SSSR count). The van der Waals surface area contributed by atoms with Crippen LogP contribution >= 0.6 is 23.2 Å². The van der Waals surface area contributed by atoms with Gasteiger partial charge in [-0.15, -0.1) is 0 Å². The largest absolute Gasteiger partial charge is 0.491 e. The Kier molecular flexibility index (Phi) is 7.14. The molecule has 0 aromatic heterocycles. The lowest BCUT2D eigenvalue weighted by Gasteiger charge is -2.12. The molecule has 0 bridgehead atoms. The number of carbonyl (C=O) groups is 2. The lowest BCUT2D eigenvalue weighted by atomic mass is 10.2. The molecular formula is C20H20Cl2N2O4. The number of hydrogen-bond donors (Lipinski definition) is 2. The van der Waals surface area contributed by atoms with E-state index in [2.05, 4.69) is 10.6 Å². The zero-order valence-electron chi connectivity index (χ0n) is 15.0. The molecule has 2 aromatic carbocycles. The molecule has 1 saturated heterocycles. The summed E-state index contributed by atoms with van der Waals surface area (Å²) in [6.07, 6.45) is 2.24. The van der Waals surface area contributed by atoms with Gasteiger partial charge in [-0.1, -0.05) is 23.2 Å². The van der Waals surface area contributed by atoms with Crippen LogP contribution in [0.5, 0.6) is 5.75 Å². The first kappa shape index (κ1) is 20.5. The average Bonchev–Trinajstić information content (AvgIpc) is 3.21. The van der Waals surface area contributed by atoms with Gasteiger partial charge in [-0.2, -0.15) is 0 Å².